The molecule has 0 atom stereocenters. The van der Waals surface area contributed by atoms with Crippen molar-refractivity contribution in [3.8, 4) is 0 Å². The van der Waals surface area contributed by atoms with Gasteiger partial charge in [-0.05, 0) is 39.2 Å². The molecule has 0 bridgehead atoms. The second kappa shape index (κ2) is 5.78. The zero-order valence-corrected chi connectivity index (χ0v) is 12.5. The lowest BCUT2D eigenvalue weighted by Gasteiger charge is -2.21. The highest BCUT2D eigenvalue weighted by molar-refractivity contribution is 7.99. The van der Waals surface area contributed by atoms with Crippen molar-refractivity contribution in [3.63, 3.8) is 0 Å². The van der Waals surface area contributed by atoms with Crippen LogP contribution >= 0.6 is 11.8 Å². The molecule has 5 heteroatoms. The highest BCUT2D eigenvalue weighted by Gasteiger charge is 2.20. The molecule has 0 aliphatic heterocycles. The Morgan fingerprint density at radius 1 is 1.50 bits per heavy atom. The van der Waals surface area contributed by atoms with Crippen molar-refractivity contribution >= 4 is 17.7 Å². The van der Waals surface area contributed by atoms with E-state index in [1.165, 1.54) is 11.8 Å². The largest absolute Gasteiger partial charge is 0.481 e. The van der Waals surface area contributed by atoms with Crippen molar-refractivity contribution in [3.05, 3.63) is 11.8 Å². The fraction of sp³-hybridized carbons (Fsp3) is 0.692. The van der Waals surface area contributed by atoms with Crippen LogP contribution in [0, 0.1) is 5.92 Å². The SMILES string of the molecule is CC(C)Cc1cc(SCC(=O)O)n(C(C)(C)C)n1. The number of aliphatic carboxylic acids is 1. The molecule has 0 saturated heterocycles. The molecule has 1 N–H and O–H groups in total. The molecule has 18 heavy (non-hydrogen) atoms. The van der Waals surface area contributed by atoms with Gasteiger partial charge in [-0.15, -0.1) is 0 Å². The summed E-state index contributed by atoms with van der Waals surface area (Å²) in [6.07, 6.45) is 0.920. The fourth-order valence-electron chi connectivity index (χ4n) is 1.65. The van der Waals surface area contributed by atoms with Gasteiger partial charge in [0.15, 0.2) is 0 Å². The predicted molar refractivity (Wildman–Crippen MR) is 74.1 cm³/mol. The van der Waals surface area contributed by atoms with Gasteiger partial charge in [-0.3, -0.25) is 9.48 Å². The lowest BCUT2D eigenvalue weighted by Crippen LogP contribution is -2.24. The third-order valence-corrected chi connectivity index (χ3v) is 3.30. The molecule has 0 aliphatic rings. The van der Waals surface area contributed by atoms with Crippen LogP contribution in [0.15, 0.2) is 11.1 Å². The Bertz CT molecular complexity index is 419. The lowest BCUT2D eigenvalue weighted by molar-refractivity contribution is -0.133. The molecule has 0 aromatic carbocycles. The van der Waals surface area contributed by atoms with Crippen molar-refractivity contribution in [2.45, 2.75) is 51.6 Å². The number of hydrogen-bond donors (Lipinski definition) is 1. The predicted octanol–water partition coefficient (Wildman–Crippen LogP) is 3.01. The summed E-state index contributed by atoms with van der Waals surface area (Å²) < 4.78 is 1.93. The van der Waals surface area contributed by atoms with E-state index in [4.69, 9.17) is 5.11 Å². The number of carboxylic acids is 1. The number of aromatic nitrogens is 2. The first-order valence-corrected chi connectivity index (χ1v) is 7.12. The van der Waals surface area contributed by atoms with Gasteiger partial charge in [0.2, 0.25) is 0 Å². The highest BCUT2D eigenvalue weighted by atomic mass is 32.2. The average Bonchev–Trinajstić information content (AvgIpc) is 2.56. The molecule has 0 aliphatic carbocycles. The minimum Gasteiger partial charge on any atom is -0.481 e. The Kier molecular flexibility index (Phi) is 4.85. The first kappa shape index (κ1) is 15.1. The van der Waals surface area contributed by atoms with E-state index >= 15 is 0 Å². The first-order chi connectivity index (χ1) is 8.20. The van der Waals surface area contributed by atoms with E-state index in [1.54, 1.807) is 0 Å². The minimum absolute atomic E-state index is 0.0723. The molecular formula is C13H22N2O2S. The van der Waals surface area contributed by atoms with Crippen LogP contribution in [0.3, 0.4) is 0 Å². The van der Waals surface area contributed by atoms with E-state index in [-0.39, 0.29) is 11.3 Å². The van der Waals surface area contributed by atoms with Gasteiger partial charge in [0.05, 0.1) is 22.0 Å². The summed E-state index contributed by atoms with van der Waals surface area (Å²) in [5, 5.41) is 14.3. The van der Waals surface area contributed by atoms with E-state index in [0.29, 0.717) is 5.92 Å². The summed E-state index contributed by atoms with van der Waals surface area (Å²) in [7, 11) is 0. The standard InChI is InChI=1S/C13H22N2O2S/c1-9(2)6-10-7-11(18-8-12(16)17)15(14-10)13(3,4)5/h7,9H,6,8H2,1-5H3,(H,16,17). The average molecular weight is 270 g/mol. The number of nitrogens with zero attached hydrogens (tertiary/aromatic N) is 2. The topological polar surface area (TPSA) is 55.1 Å². The zero-order chi connectivity index (χ0) is 13.9. The van der Waals surface area contributed by atoms with Crippen LogP contribution in [0.25, 0.3) is 0 Å². The van der Waals surface area contributed by atoms with Crippen LogP contribution in [-0.4, -0.2) is 26.6 Å². The van der Waals surface area contributed by atoms with Crippen molar-refractivity contribution in [2.24, 2.45) is 5.92 Å². The maximum Gasteiger partial charge on any atom is 0.313 e. The Morgan fingerprint density at radius 2 is 2.11 bits per heavy atom. The van der Waals surface area contributed by atoms with Gasteiger partial charge in [-0.1, -0.05) is 25.6 Å². The zero-order valence-electron chi connectivity index (χ0n) is 11.7. The molecule has 0 fully saturated rings. The van der Waals surface area contributed by atoms with Crippen molar-refractivity contribution in [2.75, 3.05) is 5.75 Å². The Morgan fingerprint density at radius 3 is 2.56 bits per heavy atom. The summed E-state index contributed by atoms with van der Waals surface area (Å²) in [5.41, 5.74) is 0.906. The summed E-state index contributed by atoms with van der Waals surface area (Å²) in [6.45, 7) is 10.5. The molecular weight excluding hydrogens is 248 g/mol. The first-order valence-electron chi connectivity index (χ1n) is 6.14. The highest BCUT2D eigenvalue weighted by Crippen LogP contribution is 2.26. The molecule has 4 nitrogen and oxygen atoms in total. The molecule has 0 saturated carbocycles. The van der Waals surface area contributed by atoms with Crippen molar-refractivity contribution in [1.29, 1.82) is 0 Å². The summed E-state index contributed by atoms with van der Waals surface area (Å²) in [5.74, 6) is -0.180. The van der Waals surface area contributed by atoms with Gasteiger partial charge in [-0.25, -0.2) is 0 Å². The van der Waals surface area contributed by atoms with E-state index in [2.05, 4.69) is 39.7 Å². The second-order valence-electron chi connectivity index (χ2n) is 5.84. The van der Waals surface area contributed by atoms with Gasteiger partial charge in [0.25, 0.3) is 0 Å². The molecule has 1 heterocycles. The van der Waals surface area contributed by atoms with Gasteiger partial charge < -0.3 is 5.11 Å². The van der Waals surface area contributed by atoms with Crippen LogP contribution in [-0.2, 0) is 16.8 Å². The smallest absolute Gasteiger partial charge is 0.313 e. The Labute approximate surface area is 113 Å². The van der Waals surface area contributed by atoms with E-state index in [1.807, 2.05) is 10.7 Å². The maximum absolute atomic E-state index is 10.7. The lowest BCUT2D eigenvalue weighted by atomic mass is 10.1. The summed E-state index contributed by atoms with van der Waals surface area (Å²) in [4.78, 5) is 10.7. The van der Waals surface area contributed by atoms with Gasteiger partial charge in [-0.2, -0.15) is 5.10 Å². The maximum atomic E-state index is 10.7. The van der Waals surface area contributed by atoms with Crippen molar-refractivity contribution < 1.29 is 9.90 Å². The quantitative estimate of drug-likeness (QED) is 0.836. The Balaban J connectivity index is 2.97. The summed E-state index contributed by atoms with van der Waals surface area (Å²) in [6, 6.07) is 2.01. The monoisotopic (exact) mass is 270 g/mol. The van der Waals surface area contributed by atoms with Crippen LogP contribution in [0.5, 0.6) is 0 Å². The van der Waals surface area contributed by atoms with Gasteiger partial charge >= 0.3 is 5.97 Å². The van der Waals surface area contributed by atoms with E-state index in [9.17, 15) is 4.79 Å². The van der Waals surface area contributed by atoms with Crippen LogP contribution in [0.4, 0.5) is 0 Å². The molecule has 0 spiro atoms. The minimum atomic E-state index is -0.799. The van der Waals surface area contributed by atoms with Crippen molar-refractivity contribution in [1.82, 2.24) is 9.78 Å². The molecule has 0 radical (unpaired) electrons. The normalized spacial score (nSPS) is 12.1. The molecule has 1 aromatic heterocycles. The number of hydrogen-bond acceptors (Lipinski definition) is 3. The molecule has 1 rings (SSSR count). The fourth-order valence-corrected chi connectivity index (χ4v) is 2.58. The van der Waals surface area contributed by atoms with Gasteiger partial charge in [0, 0.05) is 0 Å². The third-order valence-electron chi connectivity index (χ3n) is 2.32. The van der Waals surface area contributed by atoms with E-state index in [0.717, 1.165) is 17.1 Å². The van der Waals surface area contributed by atoms with Crippen LogP contribution < -0.4 is 0 Å². The Hall–Kier alpha value is -0.970. The van der Waals surface area contributed by atoms with Crippen LogP contribution in [0.1, 0.15) is 40.3 Å². The molecule has 0 unspecified atom stereocenters. The van der Waals surface area contributed by atoms with E-state index < -0.39 is 5.97 Å². The summed E-state index contributed by atoms with van der Waals surface area (Å²) >= 11 is 1.33. The second-order valence-corrected chi connectivity index (χ2v) is 6.83. The molecule has 0 amide bonds. The molecule has 1 aromatic rings. The van der Waals surface area contributed by atoms with Gasteiger partial charge in [0.1, 0.15) is 0 Å². The number of thioether (sulfide) groups is 1. The molecule has 102 valence electrons. The number of carboxylic acid groups (broad SMARTS) is 1. The number of carbonyl (C=O) groups is 1. The third kappa shape index (κ3) is 4.37. The van der Waals surface area contributed by atoms with Crippen LogP contribution in [0.2, 0.25) is 0 Å². The number of rotatable bonds is 5.